The molecule has 0 radical (unpaired) electrons. The highest BCUT2D eigenvalue weighted by atomic mass is 32.1. The molecule has 0 aromatic carbocycles. The summed E-state index contributed by atoms with van der Waals surface area (Å²) in [5.74, 6) is 4.07. The van der Waals surface area contributed by atoms with Crippen molar-refractivity contribution in [2.45, 2.75) is 39.0 Å². The number of H-pyrrole nitrogens is 1. The fourth-order valence-electron chi connectivity index (χ4n) is 3.31. The molecule has 1 fully saturated rings. The van der Waals surface area contributed by atoms with Gasteiger partial charge in [0.1, 0.15) is 22.8 Å². The standard InChI is InChI=1S/C17H22N6S/c1-11(2)15-20-14(21-22-15)9-12-3-6-23(7-4-12)16-13-5-8-24-17(13)19-10-18-16/h5,8,10-12H,3-4,6-7,9H2,1-2H3,(H,20,21,22). The monoisotopic (exact) mass is 342 g/mol. The summed E-state index contributed by atoms with van der Waals surface area (Å²) in [6.07, 6.45) is 4.99. The second kappa shape index (κ2) is 6.47. The Morgan fingerprint density at radius 2 is 2.12 bits per heavy atom. The van der Waals surface area contributed by atoms with Crippen molar-refractivity contribution in [1.82, 2.24) is 25.1 Å². The van der Waals surface area contributed by atoms with E-state index >= 15 is 0 Å². The van der Waals surface area contributed by atoms with E-state index in [9.17, 15) is 0 Å². The number of rotatable bonds is 4. The molecule has 1 aliphatic rings. The summed E-state index contributed by atoms with van der Waals surface area (Å²) < 4.78 is 0. The average molecular weight is 342 g/mol. The molecule has 1 saturated heterocycles. The van der Waals surface area contributed by atoms with Crippen LogP contribution in [0.2, 0.25) is 0 Å². The Labute approximate surface area is 145 Å². The van der Waals surface area contributed by atoms with Gasteiger partial charge in [-0.05, 0) is 30.2 Å². The molecule has 1 N–H and O–H groups in total. The molecule has 3 aromatic rings. The number of hydrogen-bond donors (Lipinski definition) is 1. The summed E-state index contributed by atoms with van der Waals surface area (Å²) in [7, 11) is 0. The number of nitrogens with one attached hydrogen (secondary N) is 1. The van der Waals surface area contributed by atoms with Crippen LogP contribution in [0.15, 0.2) is 17.8 Å². The molecule has 0 amide bonds. The van der Waals surface area contributed by atoms with Crippen molar-refractivity contribution in [3.05, 3.63) is 29.4 Å². The molecule has 0 spiro atoms. The second-order valence-corrected chi connectivity index (χ2v) is 7.66. The average Bonchev–Trinajstić information content (AvgIpc) is 3.24. The van der Waals surface area contributed by atoms with Crippen LogP contribution in [0, 0.1) is 5.92 Å². The van der Waals surface area contributed by atoms with Gasteiger partial charge in [-0.15, -0.1) is 11.3 Å². The lowest BCUT2D eigenvalue weighted by Crippen LogP contribution is -2.35. The van der Waals surface area contributed by atoms with Gasteiger partial charge in [0, 0.05) is 25.4 Å². The van der Waals surface area contributed by atoms with Crippen molar-refractivity contribution in [3.63, 3.8) is 0 Å². The maximum atomic E-state index is 4.62. The molecular weight excluding hydrogens is 320 g/mol. The lowest BCUT2D eigenvalue weighted by Gasteiger charge is -2.32. The molecule has 4 rings (SSSR count). The van der Waals surface area contributed by atoms with Crippen molar-refractivity contribution in [2.75, 3.05) is 18.0 Å². The molecule has 0 aliphatic carbocycles. The predicted molar refractivity (Wildman–Crippen MR) is 96.5 cm³/mol. The molecule has 4 heterocycles. The van der Waals surface area contributed by atoms with Gasteiger partial charge < -0.3 is 4.90 Å². The number of aromatic nitrogens is 5. The number of nitrogens with zero attached hydrogens (tertiary/aromatic N) is 5. The minimum Gasteiger partial charge on any atom is -0.356 e. The van der Waals surface area contributed by atoms with Crippen LogP contribution in [0.1, 0.15) is 44.3 Å². The zero-order valence-electron chi connectivity index (χ0n) is 14.1. The Kier molecular flexibility index (Phi) is 4.18. The Bertz CT molecular complexity index is 815. The lowest BCUT2D eigenvalue weighted by molar-refractivity contribution is 0.396. The molecule has 0 saturated carbocycles. The van der Waals surface area contributed by atoms with E-state index in [1.54, 1.807) is 17.7 Å². The van der Waals surface area contributed by atoms with E-state index < -0.39 is 0 Å². The predicted octanol–water partition coefficient (Wildman–Crippen LogP) is 3.39. The van der Waals surface area contributed by atoms with Crippen LogP contribution in [0.4, 0.5) is 5.82 Å². The quantitative estimate of drug-likeness (QED) is 0.787. The summed E-state index contributed by atoms with van der Waals surface area (Å²) >= 11 is 1.68. The van der Waals surface area contributed by atoms with Gasteiger partial charge in [-0.2, -0.15) is 5.10 Å². The highest BCUT2D eigenvalue weighted by Gasteiger charge is 2.23. The van der Waals surface area contributed by atoms with Gasteiger partial charge in [0.15, 0.2) is 5.82 Å². The zero-order chi connectivity index (χ0) is 16.5. The van der Waals surface area contributed by atoms with Crippen molar-refractivity contribution in [1.29, 1.82) is 0 Å². The molecule has 24 heavy (non-hydrogen) atoms. The van der Waals surface area contributed by atoms with E-state index in [1.165, 1.54) is 5.39 Å². The van der Waals surface area contributed by atoms with Crippen molar-refractivity contribution in [3.8, 4) is 0 Å². The minimum absolute atomic E-state index is 0.377. The largest absolute Gasteiger partial charge is 0.356 e. The lowest BCUT2D eigenvalue weighted by atomic mass is 9.93. The minimum atomic E-state index is 0.377. The van der Waals surface area contributed by atoms with Crippen molar-refractivity contribution in [2.24, 2.45) is 5.92 Å². The fraction of sp³-hybridized carbons (Fsp3) is 0.529. The Morgan fingerprint density at radius 1 is 1.29 bits per heavy atom. The molecule has 0 unspecified atom stereocenters. The van der Waals surface area contributed by atoms with Crippen molar-refractivity contribution < 1.29 is 0 Å². The number of thiophene rings is 1. The Hall–Kier alpha value is -2.02. The third-order valence-electron chi connectivity index (χ3n) is 4.70. The summed E-state index contributed by atoms with van der Waals surface area (Å²) in [6.45, 7) is 6.33. The topological polar surface area (TPSA) is 70.6 Å². The van der Waals surface area contributed by atoms with E-state index in [0.717, 1.165) is 54.6 Å². The van der Waals surface area contributed by atoms with Crippen LogP contribution in [-0.2, 0) is 6.42 Å². The third-order valence-corrected chi connectivity index (χ3v) is 5.52. The van der Waals surface area contributed by atoms with Gasteiger partial charge in [0.25, 0.3) is 0 Å². The first kappa shape index (κ1) is 15.5. The van der Waals surface area contributed by atoms with Gasteiger partial charge in [-0.25, -0.2) is 15.0 Å². The fourth-order valence-corrected chi connectivity index (χ4v) is 4.04. The van der Waals surface area contributed by atoms with Crippen LogP contribution in [0.5, 0.6) is 0 Å². The normalized spacial score (nSPS) is 16.4. The van der Waals surface area contributed by atoms with Crippen LogP contribution in [0.25, 0.3) is 10.2 Å². The molecule has 0 atom stereocenters. The number of piperidine rings is 1. The summed E-state index contributed by atoms with van der Waals surface area (Å²) in [4.78, 5) is 17.0. The smallest absolute Gasteiger partial charge is 0.153 e. The van der Waals surface area contributed by atoms with Gasteiger partial charge in [-0.3, -0.25) is 5.10 Å². The molecule has 6 nitrogen and oxygen atoms in total. The second-order valence-electron chi connectivity index (χ2n) is 6.77. The molecule has 0 bridgehead atoms. The SMILES string of the molecule is CC(C)c1n[nH]c(CC2CCN(c3ncnc4sccc34)CC2)n1. The summed E-state index contributed by atoms with van der Waals surface area (Å²) in [5, 5.41) is 10.7. The van der Waals surface area contributed by atoms with Gasteiger partial charge in [0.05, 0.1) is 5.39 Å². The van der Waals surface area contributed by atoms with Crippen LogP contribution in [0.3, 0.4) is 0 Å². The van der Waals surface area contributed by atoms with Gasteiger partial charge >= 0.3 is 0 Å². The summed E-state index contributed by atoms with van der Waals surface area (Å²) in [5.41, 5.74) is 0. The van der Waals surface area contributed by atoms with Gasteiger partial charge in [-0.1, -0.05) is 13.8 Å². The molecule has 7 heteroatoms. The van der Waals surface area contributed by atoms with Crippen LogP contribution < -0.4 is 4.90 Å². The van der Waals surface area contributed by atoms with Crippen molar-refractivity contribution >= 4 is 27.4 Å². The third kappa shape index (κ3) is 3.00. The zero-order valence-corrected chi connectivity index (χ0v) is 14.9. The van der Waals surface area contributed by atoms with Crippen LogP contribution in [-0.4, -0.2) is 38.2 Å². The molecule has 1 aliphatic heterocycles. The number of anilines is 1. The van der Waals surface area contributed by atoms with E-state index in [4.69, 9.17) is 0 Å². The first-order chi connectivity index (χ1) is 11.7. The number of hydrogen-bond acceptors (Lipinski definition) is 6. The molecular formula is C17H22N6S. The van der Waals surface area contributed by atoms with E-state index in [0.29, 0.717) is 11.8 Å². The Balaban J connectivity index is 1.40. The molecule has 126 valence electrons. The first-order valence-corrected chi connectivity index (χ1v) is 9.43. The summed E-state index contributed by atoms with van der Waals surface area (Å²) in [6, 6.07) is 2.13. The van der Waals surface area contributed by atoms with Crippen LogP contribution >= 0.6 is 11.3 Å². The first-order valence-electron chi connectivity index (χ1n) is 8.55. The van der Waals surface area contributed by atoms with Gasteiger partial charge in [0.2, 0.25) is 0 Å². The van der Waals surface area contributed by atoms with E-state index in [2.05, 4.69) is 55.3 Å². The number of fused-ring (bicyclic) bond motifs is 1. The van der Waals surface area contributed by atoms with E-state index in [-0.39, 0.29) is 0 Å². The highest BCUT2D eigenvalue weighted by Crippen LogP contribution is 2.30. The molecule has 3 aromatic heterocycles. The highest BCUT2D eigenvalue weighted by molar-refractivity contribution is 7.16. The number of aromatic amines is 1. The van der Waals surface area contributed by atoms with E-state index in [1.807, 2.05) is 0 Å². The maximum Gasteiger partial charge on any atom is 0.153 e. The Morgan fingerprint density at radius 3 is 2.88 bits per heavy atom. The maximum absolute atomic E-state index is 4.62.